The summed E-state index contributed by atoms with van der Waals surface area (Å²) in [5.41, 5.74) is 1.05. The number of nitrogens with one attached hydrogen (secondary N) is 3. The predicted octanol–water partition coefficient (Wildman–Crippen LogP) is 1.35. The molecule has 25 heavy (non-hydrogen) atoms. The van der Waals surface area contributed by atoms with Crippen molar-refractivity contribution in [1.29, 1.82) is 0 Å². The highest BCUT2D eigenvalue weighted by Crippen LogP contribution is 2.30. The van der Waals surface area contributed by atoms with Crippen LogP contribution in [-0.4, -0.2) is 51.3 Å². The van der Waals surface area contributed by atoms with Crippen molar-refractivity contribution in [2.75, 3.05) is 38.2 Å². The Hall–Kier alpha value is -2.44. The van der Waals surface area contributed by atoms with Crippen LogP contribution in [0.1, 0.15) is 20.3 Å². The standard InChI is InChI=1S/C18H28N4O3/c1-13(2)17(23)19-9-10-20-18(24)21-14-8-11-22(12-14)15-6-4-5-7-16(15)25-3/h4-7,13-14H,8-12H2,1-3H3,(H,19,23)(H2,20,21,24). The zero-order valence-corrected chi connectivity index (χ0v) is 15.2. The number of para-hydroxylation sites is 2. The van der Waals surface area contributed by atoms with Crippen LogP contribution in [0.5, 0.6) is 5.75 Å². The van der Waals surface area contributed by atoms with Gasteiger partial charge >= 0.3 is 6.03 Å². The molecule has 0 aliphatic carbocycles. The molecule has 1 atom stereocenters. The summed E-state index contributed by atoms with van der Waals surface area (Å²) < 4.78 is 5.40. The topological polar surface area (TPSA) is 82.7 Å². The number of nitrogens with zero attached hydrogens (tertiary/aromatic N) is 1. The molecule has 0 radical (unpaired) electrons. The quantitative estimate of drug-likeness (QED) is 0.650. The number of ether oxygens (including phenoxy) is 1. The van der Waals surface area contributed by atoms with Crippen molar-refractivity contribution in [3.05, 3.63) is 24.3 Å². The molecular formula is C18H28N4O3. The third kappa shape index (κ3) is 5.55. The number of carbonyl (C=O) groups excluding carboxylic acids is 2. The van der Waals surface area contributed by atoms with Crippen LogP contribution in [0.15, 0.2) is 24.3 Å². The van der Waals surface area contributed by atoms with E-state index >= 15 is 0 Å². The molecule has 1 unspecified atom stereocenters. The molecule has 0 spiro atoms. The molecule has 138 valence electrons. The van der Waals surface area contributed by atoms with E-state index in [1.165, 1.54) is 0 Å². The highest BCUT2D eigenvalue weighted by atomic mass is 16.5. The summed E-state index contributed by atoms with van der Waals surface area (Å²) >= 11 is 0. The van der Waals surface area contributed by atoms with Crippen LogP contribution in [0.2, 0.25) is 0 Å². The number of carbonyl (C=O) groups is 2. The summed E-state index contributed by atoms with van der Waals surface area (Å²) in [5.74, 6) is 0.784. The van der Waals surface area contributed by atoms with Gasteiger partial charge in [-0.05, 0) is 18.6 Å². The molecule has 0 saturated carbocycles. The van der Waals surface area contributed by atoms with Gasteiger partial charge in [0.05, 0.1) is 12.8 Å². The first-order chi connectivity index (χ1) is 12.0. The smallest absolute Gasteiger partial charge is 0.315 e. The van der Waals surface area contributed by atoms with E-state index in [-0.39, 0.29) is 23.9 Å². The minimum absolute atomic E-state index is 0.00884. The molecule has 7 heteroatoms. The van der Waals surface area contributed by atoms with Gasteiger partial charge in [-0.3, -0.25) is 4.79 Å². The number of anilines is 1. The lowest BCUT2D eigenvalue weighted by atomic mass is 10.2. The Morgan fingerprint density at radius 1 is 1.24 bits per heavy atom. The Morgan fingerprint density at radius 3 is 2.68 bits per heavy atom. The van der Waals surface area contributed by atoms with E-state index in [2.05, 4.69) is 20.9 Å². The summed E-state index contributed by atoms with van der Waals surface area (Å²) in [6, 6.07) is 7.78. The van der Waals surface area contributed by atoms with Gasteiger partial charge in [-0.15, -0.1) is 0 Å². The monoisotopic (exact) mass is 348 g/mol. The van der Waals surface area contributed by atoms with E-state index in [1.54, 1.807) is 7.11 Å². The maximum absolute atomic E-state index is 12.0. The highest BCUT2D eigenvalue weighted by Gasteiger charge is 2.25. The van der Waals surface area contributed by atoms with E-state index in [4.69, 9.17) is 4.74 Å². The SMILES string of the molecule is COc1ccccc1N1CCC(NC(=O)NCCNC(=O)C(C)C)C1. The van der Waals surface area contributed by atoms with Crippen molar-refractivity contribution in [2.45, 2.75) is 26.3 Å². The predicted molar refractivity (Wildman–Crippen MR) is 98.0 cm³/mol. The third-order valence-electron chi connectivity index (χ3n) is 4.18. The summed E-state index contributed by atoms with van der Waals surface area (Å²) in [7, 11) is 1.66. The van der Waals surface area contributed by atoms with Gasteiger partial charge in [-0.25, -0.2) is 4.79 Å². The summed E-state index contributed by atoms with van der Waals surface area (Å²) in [5, 5.41) is 8.52. The van der Waals surface area contributed by atoms with Gasteiger partial charge in [-0.2, -0.15) is 0 Å². The van der Waals surface area contributed by atoms with Gasteiger partial charge in [0.1, 0.15) is 5.75 Å². The average Bonchev–Trinajstić information content (AvgIpc) is 3.06. The molecule has 1 aromatic carbocycles. The number of urea groups is 1. The maximum Gasteiger partial charge on any atom is 0.315 e. The van der Waals surface area contributed by atoms with Crippen molar-refractivity contribution in [3.63, 3.8) is 0 Å². The molecular weight excluding hydrogens is 320 g/mol. The average molecular weight is 348 g/mol. The summed E-state index contributed by atoms with van der Waals surface area (Å²) in [6.45, 7) is 6.13. The largest absolute Gasteiger partial charge is 0.495 e. The fourth-order valence-electron chi connectivity index (χ4n) is 2.79. The molecule has 0 bridgehead atoms. The van der Waals surface area contributed by atoms with Crippen LogP contribution in [0.25, 0.3) is 0 Å². The van der Waals surface area contributed by atoms with Gasteiger partial charge in [0.2, 0.25) is 5.91 Å². The molecule has 0 aromatic heterocycles. The van der Waals surface area contributed by atoms with Crippen LogP contribution in [0.3, 0.4) is 0 Å². The molecule has 1 heterocycles. The minimum Gasteiger partial charge on any atom is -0.495 e. The van der Waals surface area contributed by atoms with Crippen LogP contribution >= 0.6 is 0 Å². The lowest BCUT2D eigenvalue weighted by molar-refractivity contribution is -0.123. The maximum atomic E-state index is 12.0. The summed E-state index contributed by atoms with van der Waals surface area (Å²) in [6.07, 6.45) is 0.884. The molecule has 1 aliphatic rings. The molecule has 1 saturated heterocycles. The number of methoxy groups -OCH3 is 1. The molecule has 7 nitrogen and oxygen atoms in total. The number of amides is 3. The van der Waals surface area contributed by atoms with Gasteiger partial charge < -0.3 is 25.6 Å². The first-order valence-electron chi connectivity index (χ1n) is 8.71. The number of benzene rings is 1. The molecule has 1 aliphatic heterocycles. The van der Waals surface area contributed by atoms with Crippen molar-refractivity contribution in [3.8, 4) is 5.75 Å². The minimum atomic E-state index is -0.203. The van der Waals surface area contributed by atoms with Crippen LogP contribution in [0.4, 0.5) is 10.5 Å². The molecule has 3 amide bonds. The number of hydrogen-bond acceptors (Lipinski definition) is 4. The number of hydrogen-bond donors (Lipinski definition) is 3. The summed E-state index contributed by atoms with van der Waals surface area (Å²) in [4.78, 5) is 25.6. The van der Waals surface area contributed by atoms with Gasteiger partial charge in [0.25, 0.3) is 0 Å². The Balaban J connectivity index is 1.72. The fraction of sp³-hybridized carbons (Fsp3) is 0.556. The van der Waals surface area contributed by atoms with Gasteiger partial charge in [0, 0.05) is 38.1 Å². The van der Waals surface area contributed by atoms with Gasteiger partial charge in [0.15, 0.2) is 0 Å². The zero-order chi connectivity index (χ0) is 18.2. The van der Waals surface area contributed by atoms with E-state index in [1.807, 2.05) is 38.1 Å². The Kier molecular flexibility index (Phi) is 6.91. The Labute approximate surface area is 149 Å². The first-order valence-corrected chi connectivity index (χ1v) is 8.71. The molecule has 2 rings (SSSR count). The van der Waals surface area contributed by atoms with E-state index in [9.17, 15) is 9.59 Å². The highest BCUT2D eigenvalue weighted by molar-refractivity contribution is 5.78. The van der Waals surface area contributed by atoms with Crippen molar-refractivity contribution < 1.29 is 14.3 Å². The molecule has 1 fully saturated rings. The Bertz CT molecular complexity index is 591. The van der Waals surface area contributed by atoms with Crippen molar-refractivity contribution in [2.24, 2.45) is 5.92 Å². The van der Waals surface area contributed by atoms with Crippen LogP contribution in [0, 0.1) is 5.92 Å². The second-order valence-corrected chi connectivity index (χ2v) is 6.45. The zero-order valence-electron chi connectivity index (χ0n) is 15.2. The van der Waals surface area contributed by atoms with Crippen LogP contribution in [-0.2, 0) is 4.79 Å². The number of rotatable bonds is 7. The Morgan fingerprint density at radius 2 is 1.96 bits per heavy atom. The van der Waals surface area contributed by atoms with Gasteiger partial charge in [-0.1, -0.05) is 26.0 Å². The lowest BCUT2D eigenvalue weighted by Crippen LogP contribution is -2.45. The lowest BCUT2D eigenvalue weighted by Gasteiger charge is -2.21. The van der Waals surface area contributed by atoms with E-state index < -0.39 is 0 Å². The second kappa shape index (κ2) is 9.15. The van der Waals surface area contributed by atoms with Crippen molar-refractivity contribution >= 4 is 17.6 Å². The molecule has 1 aromatic rings. The van der Waals surface area contributed by atoms with Crippen molar-refractivity contribution in [1.82, 2.24) is 16.0 Å². The van der Waals surface area contributed by atoms with E-state index in [0.717, 1.165) is 30.9 Å². The first kappa shape index (κ1) is 18.9. The fourth-order valence-corrected chi connectivity index (χ4v) is 2.79. The second-order valence-electron chi connectivity index (χ2n) is 6.45. The van der Waals surface area contributed by atoms with Crippen LogP contribution < -0.4 is 25.6 Å². The third-order valence-corrected chi connectivity index (χ3v) is 4.18. The van der Waals surface area contributed by atoms with E-state index in [0.29, 0.717) is 13.1 Å². The molecule has 3 N–H and O–H groups in total. The normalized spacial score (nSPS) is 16.6.